The minimum absolute atomic E-state index is 0.864. The standard InChI is InChI=1S/C50H31NO2/c1-2-13-37-32(11-1)12-9-18-38(37)33-23-27-35(28-24-33)51(44-19-10-22-47-50(44)42-17-6-8-21-46(42)52-47)36-29-25-34(26-30-36)43-31-48-49(40-15-4-3-14-39(40)43)41-16-5-7-20-45(41)53-48/h1-31H. The highest BCUT2D eigenvalue weighted by Gasteiger charge is 2.20. The normalized spacial score (nSPS) is 11.8. The summed E-state index contributed by atoms with van der Waals surface area (Å²) in [6, 6.07) is 66.7. The zero-order valence-electron chi connectivity index (χ0n) is 28.7. The molecule has 0 N–H and O–H groups in total. The van der Waals surface area contributed by atoms with Gasteiger partial charge in [0.05, 0.1) is 11.1 Å². The van der Waals surface area contributed by atoms with E-state index < -0.39 is 0 Å². The van der Waals surface area contributed by atoms with Gasteiger partial charge >= 0.3 is 0 Å². The smallest absolute Gasteiger partial charge is 0.137 e. The van der Waals surface area contributed by atoms with Gasteiger partial charge in [-0.05, 0) is 98.4 Å². The largest absolute Gasteiger partial charge is 0.456 e. The summed E-state index contributed by atoms with van der Waals surface area (Å²) in [5.74, 6) is 0. The fourth-order valence-electron chi connectivity index (χ4n) is 8.25. The fraction of sp³-hybridized carbons (Fsp3) is 0. The molecule has 0 bridgehead atoms. The molecule has 0 saturated heterocycles. The molecule has 0 aliphatic carbocycles. The number of hydrogen-bond donors (Lipinski definition) is 0. The van der Waals surface area contributed by atoms with Crippen LogP contribution in [0.25, 0.3) is 87.7 Å². The Labute approximate surface area is 305 Å². The number of furan rings is 2. The van der Waals surface area contributed by atoms with Gasteiger partial charge in [0, 0.05) is 27.5 Å². The molecule has 3 heteroatoms. The third-order valence-electron chi connectivity index (χ3n) is 10.7. The maximum Gasteiger partial charge on any atom is 0.137 e. The highest BCUT2D eigenvalue weighted by atomic mass is 16.3. The van der Waals surface area contributed by atoms with E-state index in [4.69, 9.17) is 8.83 Å². The molecule has 0 unspecified atom stereocenters. The van der Waals surface area contributed by atoms with Crippen molar-refractivity contribution in [2.24, 2.45) is 0 Å². The first-order valence-corrected chi connectivity index (χ1v) is 18.0. The highest BCUT2D eigenvalue weighted by molar-refractivity contribution is 6.22. The van der Waals surface area contributed by atoms with E-state index in [2.05, 4.69) is 169 Å². The molecule has 0 spiro atoms. The molecule has 0 saturated carbocycles. The third-order valence-corrected chi connectivity index (χ3v) is 10.7. The van der Waals surface area contributed by atoms with Crippen molar-refractivity contribution in [1.82, 2.24) is 0 Å². The van der Waals surface area contributed by atoms with E-state index in [-0.39, 0.29) is 0 Å². The summed E-state index contributed by atoms with van der Waals surface area (Å²) in [6.45, 7) is 0. The van der Waals surface area contributed by atoms with Gasteiger partial charge in [-0.2, -0.15) is 0 Å². The van der Waals surface area contributed by atoms with Gasteiger partial charge in [-0.25, -0.2) is 0 Å². The number of para-hydroxylation sites is 2. The van der Waals surface area contributed by atoms with Crippen LogP contribution < -0.4 is 4.90 Å². The van der Waals surface area contributed by atoms with Crippen LogP contribution in [0, 0.1) is 0 Å². The number of anilines is 3. The van der Waals surface area contributed by atoms with Crippen molar-refractivity contribution in [2.75, 3.05) is 4.90 Å². The predicted molar refractivity (Wildman–Crippen MR) is 222 cm³/mol. The Morgan fingerprint density at radius 2 is 0.830 bits per heavy atom. The lowest BCUT2D eigenvalue weighted by Gasteiger charge is -2.27. The molecule has 53 heavy (non-hydrogen) atoms. The monoisotopic (exact) mass is 677 g/mol. The number of benzene rings is 9. The van der Waals surface area contributed by atoms with E-state index in [1.807, 2.05) is 24.3 Å². The SMILES string of the molecule is c1ccc2c(-c3ccc(N(c4ccc(-c5cc6oc7ccccc7c6c6ccccc56)cc4)c4cccc5oc6ccccc6c45)cc3)cccc2c1. The lowest BCUT2D eigenvalue weighted by atomic mass is 9.94. The van der Waals surface area contributed by atoms with E-state index in [9.17, 15) is 0 Å². The number of fused-ring (bicyclic) bond motifs is 9. The summed E-state index contributed by atoms with van der Waals surface area (Å²) >= 11 is 0. The van der Waals surface area contributed by atoms with Crippen LogP contribution in [-0.2, 0) is 0 Å². The van der Waals surface area contributed by atoms with Gasteiger partial charge in [0.2, 0.25) is 0 Å². The van der Waals surface area contributed by atoms with Crippen LogP contribution in [0.1, 0.15) is 0 Å². The first kappa shape index (κ1) is 29.6. The summed E-state index contributed by atoms with van der Waals surface area (Å²) in [5.41, 5.74) is 11.4. The molecule has 248 valence electrons. The maximum atomic E-state index is 6.42. The Bertz CT molecular complexity index is 3160. The van der Waals surface area contributed by atoms with Crippen molar-refractivity contribution >= 4 is 82.5 Å². The van der Waals surface area contributed by atoms with Gasteiger partial charge in [0.25, 0.3) is 0 Å². The van der Waals surface area contributed by atoms with Crippen LogP contribution in [0.4, 0.5) is 17.1 Å². The second-order valence-corrected chi connectivity index (χ2v) is 13.6. The molecule has 11 aromatic rings. The van der Waals surface area contributed by atoms with E-state index in [0.717, 1.165) is 72.1 Å². The van der Waals surface area contributed by atoms with Crippen LogP contribution in [-0.4, -0.2) is 0 Å². The van der Waals surface area contributed by atoms with Crippen LogP contribution >= 0.6 is 0 Å². The number of hydrogen-bond acceptors (Lipinski definition) is 3. The Morgan fingerprint density at radius 1 is 0.321 bits per heavy atom. The first-order chi connectivity index (χ1) is 26.3. The molecule has 9 aromatic carbocycles. The van der Waals surface area contributed by atoms with Gasteiger partial charge < -0.3 is 13.7 Å². The first-order valence-electron chi connectivity index (χ1n) is 18.0. The van der Waals surface area contributed by atoms with E-state index >= 15 is 0 Å². The number of rotatable bonds is 5. The molecule has 0 amide bonds. The summed E-state index contributed by atoms with van der Waals surface area (Å²) in [4.78, 5) is 2.35. The van der Waals surface area contributed by atoms with E-state index in [1.165, 1.54) is 32.7 Å². The molecule has 2 aromatic heterocycles. The van der Waals surface area contributed by atoms with Crippen LogP contribution in [0.15, 0.2) is 197 Å². The van der Waals surface area contributed by atoms with Gasteiger partial charge in [-0.15, -0.1) is 0 Å². The molecule has 3 nitrogen and oxygen atoms in total. The molecule has 11 rings (SSSR count). The molecular formula is C50H31NO2. The number of nitrogens with zero attached hydrogens (tertiary/aromatic N) is 1. The second kappa shape index (κ2) is 11.7. The highest BCUT2D eigenvalue weighted by Crippen LogP contribution is 2.45. The summed E-state index contributed by atoms with van der Waals surface area (Å²) in [5, 5.41) is 9.37. The minimum Gasteiger partial charge on any atom is -0.456 e. The summed E-state index contributed by atoms with van der Waals surface area (Å²) in [7, 11) is 0. The summed E-state index contributed by atoms with van der Waals surface area (Å²) < 4.78 is 12.8. The molecule has 2 heterocycles. The van der Waals surface area contributed by atoms with E-state index in [0.29, 0.717) is 0 Å². The summed E-state index contributed by atoms with van der Waals surface area (Å²) in [6.07, 6.45) is 0. The Morgan fingerprint density at radius 3 is 1.55 bits per heavy atom. The van der Waals surface area contributed by atoms with E-state index in [1.54, 1.807) is 0 Å². The van der Waals surface area contributed by atoms with Crippen molar-refractivity contribution in [3.63, 3.8) is 0 Å². The zero-order chi connectivity index (χ0) is 34.9. The van der Waals surface area contributed by atoms with Crippen molar-refractivity contribution in [2.45, 2.75) is 0 Å². The molecule has 0 atom stereocenters. The Kier molecular flexibility index (Phi) is 6.55. The lowest BCUT2D eigenvalue weighted by molar-refractivity contribution is 0.668. The molecular weight excluding hydrogens is 647 g/mol. The predicted octanol–water partition coefficient (Wildman–Crippen LogP) is 14.6. The van der Waals surface area contributed by atoms with Crippen molar-refractivity contribution in [1.29, 1.82) is 0 Å². The topological polar surface area (TPSA) is 29.5 Å². The molecule has 0 aliphatic heterocycles. The Balaban J connectivity index is 1.08. The van der Waals surface area contributed by atoms with Gasteiger partial charge in [-0.3, -0.25) is 0 Å². The van der Waals surface area contributed by atoms with Crippen LogP contribution in [0.2, 0.25) is 0 Å². The molecule has 0 fully saturated rings. The molecule has 0 radical (unpaired) electrons. The van der Waals surface area contributed by atoms with Gasteiger partial charge in [0.15, 0.2) is 0 Å². The van der Waals surface area contributed by atoms with Crippen molar-refractivity contribution < 1.29 is 8.83 Å². The van der Waals surface area contributed by atoms with Gasteiger partial charge in [0.1, 0.15) is 22.3 Å². The third kappa shape index (κ3) is 4.68. The van der Waals surface area contributed by atoms with Crippen molar-refractivity contribution in [3.05, 3.63) is 188 Å². The zero-order valence-corrected chi connectivity index (χ0v) is 28.7. The molecule has 0 aliphatic rings. The Hall–Kier alpha value is -7.10. The van der Waals surface area contributed by atoms with Crippen LogP contribution in [0.5, 0.6) is 0 Å². The average Bonchev–Trinajstić information content (AvgIpc) is 3.80. The lowest BCUT2D eigenvalue weighted by Crippen LogP contribution is -2.10. The maximum absolute atomic E-state index is 6.42. The second-order valence-electron chi connectivity index (χ2n) is 13.6. The average molecular weight is 678 g/mol. The minimum atomic E-state index is 0.864. The fourth-order valence-corrected chi connectivity index (χ4v) is 8.25. The van der Waals surface area contributed by atoms with Gasteiger partial charge in [-0.1, -0.05) is 133 Å². The van der Waals surface area contributed by atoms with Crippen LogP contribution in [0.3, 0.4) is 0 Å². The quantitative estimate of drug-likeness (QED) is 0.182. The van der Waals surface area contributed by atoms with Crippen molar-refractivity contribution in [3.8, 4) is 22.3 Å².